The van der Waals surface area contributed by atoms with Crippen LogP contribution in [0.1, 0.15) is 35.1 Å². The molecule has 1 amide bonds. The maximum atomic E-state index is 13.2. The second-order valence-corrected chi connectivity index (χ2v) is 8.34. The van der Waals surface area contributed by atoms with Crippen LogP contribution in [-0.2, 0) is 9.53 Å². The number of hydrogen-bond acceptors (Lipinski definition) is 6. The monoisotopic (exact) mass is 427 g/mol. The Morgan fingerprint density at radius 3 is 2.70 bits per heavy atom. The summed E-state index contributed by atoms with van der Waals surface area (Å²) in [6, 6.07) is 7.74. The van der Waals surface area contributed by atoms with Crippen LogP contribution in [0, 0.1) is 12.8 Å². The molecule has 0 saturated carbocycles. The largest absolute Gasteiger partial charge is 0.497 e. The number of likely N-dealkylation sites (tertiary alicyclic amines) is 1. The number of methoxy groups -OCH3 is 1. The lowest BCUT2D eigenvalue weighted by atomic mass is 9.98. The molecule has 0 spiro atoms. The fourth-order valence-electron chi connectivity index (χ4n) is 3.81. The van der Waals surface area contributed by atoms with E-state index in [1.807, 2.05) is 41.8 Å². The lowest BCUT2D eigenvalue weighted by Gasteiger charge is -2.31. The second kappa shape index (κ2) is 8.47. The third-order valence-corrected chi connectivity index (χ3v) is 6.61. The Morgan fingerprint density at radius 2 is 2.03 bits per heavy atom. The summed E-state index contributed by atoms with van der Waals surface area (Å²) in [6.45, 7) is 5.17. The van der Waals surface area contributed by atoms with Crippen molar-refractivity contribution in [3.63, 3.8) is 0 Å². The van der Waals surface area contributed by atoms with Crippen molar-refractivity contribution in [2.45, 2.75) is 26.7 Å². The number of rotatable bonds is 5. The summed E-state index contributed by atoms with van der Waals surface area (Å²) in [5.74, 6) is 0.306. The van der Waals surface area contributed by atoms with Gasteiger partial charge in [-0.15, -0.1) is 0 Å². The first-order valence-electron chi connectivity index (χ1n) is 10.1. The zero-order chi connectivity index (χ0) is 21.3. The van der Waals surface area contributed by atoms with E-state index < -0.39 is 0 Å². The lowest BCUT2D eigenvalue weighted by molar-refractivity contribution is -0.149. The van der Waals surface area contributed by atoms with Crippen LogP contribution in [0.2, 0.25) is 0 Å². The number of carbonyl (C=O) groups excluding carboxylic acids is 2. The highest BCUT2D eigenvalue weighted by atomic mass is 32.1. The van der Waals surface area contributed by atoms with E-state index in [0.717, 1.165) is 40.5 Å². The molecule has 0 bridgehead atoms. The van der Waals surface area contributed by atoms with Crippen LogP contribution < -0.4 is 4.74 Å². The van der Waals surface area contributed by atoms with Crippen molar-refractivity contribution in [3.05, 3.63) is 41.0 Å². The van der Waals surface area contributed by atoms with Gasteiger partial charge in [0.15, 0.2) is 4.96 Å². The molecule has 8 heteroatoms. The van der Waals surface area contributed by atoms with Crippen molar-refractivity contribution >= 4 is 28.2 Å². The van der Waals surface area contributed by atoms with Gasteiger partial charge >= 0.3 is 5.97 Å². The van der Waals surface area contributed by atoms with Crippen LogP contribution in [0.15, 0.2) is 30.5 Å². The van der Waals surface area contributed by atoms with E-state index in [1.54, 1.807) is 18.9 Å². The molecule has 1 aliphatic heterocycles. The normalized spacial score (nSPS) is 16.6. The summed E-state index contributed by atoms with van der Waals surface area (Å²) in [5, 5.41) is 0. The van der Waals surface area contributed by atoms with Crippen molar-refractivity contribution in [1.82, 2.24) is 14.3 Å². The Bertz CT molecular complexity index is 1070. The first kappa shape index (κ1) is 20.4. The van der Waals surface area contributed by atoms with Crippen LogP contribution in [0.3, 0.4) is 0 Å². The molecule has 1 saturated heterocycles. The predicted octanol–water partition coefficient (Wildman–Crippen LogP) is 3.80. The SMILES string of the molecule is CCOC(=O)[C@@H]1CCCN(C(=O)c2sc3nc(-c4ccc(OC)cc4)cn3c2C)C1. The van der Waals surface area contributed by atoms with Crippen molar-refractivity contribution in [3.8, 4) is 17.0 Å². The molecule has 7 nitrogen and oxygen atoms in total. The summed E-state index contributed by atoms with van der Waals surface area (Å²) in [7, 11) is 1.64. The van der Waals surface area contributed by atoms with Gasteiger partial charge in [-0.1, -0.05) is 11.3 Å². The lowest BCUT2D eigenvalue weighted by Crippen LogP contribution is -2.42. The molecule has 0 aliphatic carbocycles. The highest BCUT2D eigenvalue weighted by Crippen LogP contribution is 2.30. The van der Waals surface area contributed by atoms with Crippen LogP contribution in [0.4, 0.5) is 0 Å². The van der Waals surface area contributed by atoms with E-state index in [2.05, 4.69) is 0 Å². The van der Waals surface area contributed by atoms with E-state index in [0.29, 0.717) is 24.6 Å². The molecule has 1 atom stereocenters. The number of aromatic nitrogens is 2. The first-order valence-corrected chi connectivity index (χ1v) is 10.9. The maximum absolute atomic E-state index is 13.2. The first-order chi connectivity index (χ1) is 14.5. The third kappa shape index (κ3) is 3.79. The maximum Gasteiger partial charge on any atom is 0.310 e. The topological polar surface area (TPSA) is 73.1 Å². The Balaban J connectivity index is 1.55. The van der Waals surface area contributed by atoms with E-state index in [-0.39, 0.29) is 17.8 Å². The highest BCUT2D eigenvalue weighted by molar-refractivity contribution is 7.19. The van der Waals surface area contributed by atoms with Gasteiger partial charge < -0.3 is 14.4 Å². The zero-order valence-corrected chi connectivity index (χ0v) is 18.2. The van der Waals surface area contributed by atoms with Gasteiger partial charge in [0.2, 0.25) is 0 Å². The summed E-state index contributed by atoms with van der Waals surface area (Å²) < 4.78 is 12.3. The van der Waals surface area contributed by atoms with Gasteiger partial charge in [0.05, 0.1) is 25.3 Å². The van der Waals surface area contributed by atoms with Crippen molar-refractivity contribution < 1.29 is 19.1 Å². The molecule has 2 aromatic heterocycles. The number of amides is 1. The van der Waals surface area contributed by atoms with Crippen molar-refractivity contribution in [1.29, 1.82) is 0 Å². The molecule has 0 N–H and O–H groups in total. The molecule has 1 aliphatic rings. The molecule has 158 valence electrons. The average Bonchev–Trinajstić information content (AvgIpc) is 3.33. The van der Waals surface area contributed by atoms with Crippen LogP contribution >= 0.6 is 11.3 Å². The van der Waals surface area contributed by atoms with Crippen LogP contribution in [-0.4, -0.2) is 53.0 Å². The summed E-state index contributed by atoms with van der Waals surface area (Å²) in [6.07, 6.45) is 3.52. The minimum absolute atomic E-state index is 0.0389. The summed E-state index contributed by atoms with van der Waals surface area (Å²) in [5.41, 5.74) is 2.71. The number of ether oxygens (including phenoxy) is 2. The number of aryl methyl sites for hydroxylation is 1. The molecule has 1 aromatic carbocycles. The molecule has 3 aromatic rings. The fraction of sp³-hybridized carbons (Fsp3) is 0.409. The quantitative estimate of drug-likeness (QED) is 0.579. The number of piperidine rings is 1. The van der Waals surface area contributed by atoms with Gasteiger partial charge in [0.1, 0.15) is 10.6 Å². The Kier molecular flexibility index (Phi) is 5.76. The number of carbonyl (C=O) groups is 2. The van der Waals surface area contributed by atoms with Gasteiger partial charge in [0, 0.05) is 30.5 Å². The molecule has 0 radical (unpaired) electrons. The van der Waals surface area contributed by atoms with Crippen molar-refractivity contribution in [2.75, 3.05) is 26.8 Å². The number of benzene rings is 1. The molecule has 1 fully saturated rings. The van der Waals surface area contributed by atoms with Gasteiger partial charge in [-0.2, -0.15) is 0 Å². The Morgan fingerprint density at radius 1 is 1.27 bits per heavy atom. The van der Waals surface area contributed by atoms with E-state index in [4.69, 9.17) is 14.5 Å². The third-order valence-electron chi connectivity index (χ3n) is 5.47. The minimum Gasteiger partial charge on any atom is -0.497 e. The van der Waals surface area contributed by atoms with Gasteiger partial charge in [-0.25, -0.2) is 4.98 Å². The second-order valence-electron chi connectivity index (χ2n) is 7.37. The van der Waals surface area contributed by atoms with Gasteiger partial charge in [-0.05, 0) is 51.0 Å². The van der Waals surface area contributed by atoms with Crippen LogP contribution in [0.5, 0.6) is 5.75 Å². The van der Waals surface area contributed by atoms with E-state index in [1.165, 1.54) is 11.3 Å². The number of fused-ring (bicyclic) bond motifs is 1. The summed E-state index contributed by atoms with van der Waals surface area (Å²) in [4.78, 5) is 33.2. The standard InChI is InChI=1S/C22H25N3O4S/c1-4-29-21(27)16-6-5-11-24(12-16)20(26)19-14(2)25-13-18(23-22(25)30-19)15-7-9-17(28-3)10-8-15/h7-10,13,16H,4-6,11-12H2,1-3H3/t16-/m1/s1. The predicted molar refractivity (Wildman–Crippen MR) is 115 cm³/mol. The van der Waals surface area contributed by atoms with E-state index >= 15 is 0 Å². The number of esters is 1. The molecule has 3 heterocycles. The number of imidazole rings is 1. The number of thiazole rings is 1. The smallest absolute Gasteiger partial charge is 0.310 e. The number of hydrogen-bond donors (Lipinski definition) is 0. The summed E-state index contributed by atoms with van der Waals surface area (Å²) >= 11 is 1.39. The molecule has 4 rings (SSSR count). The minimum atomic E-state index is -0.242. The molecule has 30 heavy (non-hydrogen) atoms. The molecular weight excluding hydrogens is 402 g/mol. The highest BCUT2D eigenvalue weighted by Gasteiger charge is 2.31. The average molecular weight is 428 g/mol. The molecule has 0 unspecified atom stereocenters. The van der Waals surface area contributed by atoms with E-state index in [9.17, 15) is 9.59 Å². The zero-order valence-electron chi connectivity index (χ0n) is 17.4. The fourth-order valence-corrected chi connectivity index (χ4v) is 4.88. The molecular formula is C22H25N3O4S. The van der Waals surface area contributed by atoms with Crippen LogP contribution in [0.25, 0.3) is 16.2 Å². The Labute approximate surface area is 179 Å². The Hall–Kier alpha value is -2.87. The van der Waals surface area contributed by atoms with Crippen molar-refractivity contribution in [2.24, 2.45) is 5.92 Å². The van der Waals surface area contributed by atoms with Gasteiger partial charge in [-0.3, -0.25) is 14.0 Å². The number of nitrogens with zero attached hydrogens (tertiary/aromatic N) is 3. The van der Waals surface area contributed by atoms with Gasteiger partial charge in [0.25, 0.3) is 5.91 Å².